The third kappa shape index (κ3) is 7.33. The first-order valence-corrected chi connectivity index (χ1v) is 14.2. The number of carbonyl (C=O) groups is 1. The van der Waals surface area contributed by atoms with Crippen LogP contribution in [0.15, 0.2) is 103 Å². The SMILES string of the molecule is COc1ccc(Oc2ccc([N+](=O)[O-])cc2C(=O)NC2CCN(CCC(c3ccccc3)c3ccccc3)CC2)cc1. The van der Waals surface area contributed by atoms with Crippen LogP contribution in [-0.4, -0.2) is 48.5 Å². The van der Waals surface area contributed by atoms with Gasteiger partial charge < -0.3 is 19.7 Å². The van der Waals surface area contributed by atoms with Crippen molar-refractivity contribution < 1.29 is 19.2 Å². The number of hydrogen-bond acceptors (Lipinski definition) is 6. The van der Waals surface area contributed by atoms with Crippen LogP contribution < -0.4 is 14.8 Å². The molecule has 0 atom stereocenters. The molecule has 0 radical (unpaired) electrons. The highest BCUT2D eigenvalue weighted by molar-refractivity contribution is 5.98. The average Bonchev–Trinajstić information content (AvgIpc) is 3.03. The number of piperidine rings is 1. The third-order valence-electron chi connectivity index (χ3n) is 7.77. The molecule has 1 amide bonds. The molecule has 1 N–H and O–H groups in total. The van der Waals surface area contributed by atoms with Crippen molar-refractivity contribution in [1.29, 1.82) is 0 Å². The molecule has 216 valence electrons. The maximum atomic E-state index is 13.4. The number of likely N-dealkylation sites (tertiary alicyclic amines) is 1. The van der Waals surface area contributed by atoms with Crippen LogP contribution >= 0.6 is 0 Å². The molecule has 4 aromatic carbocycles. The Morgan fingerprint density at radius 1 is 0.905 bits per heavy atom. The van der Waals surface area contributed by atoms with E-state index in [4.69, 9.17) is 9.47 Å². The largest absolute Gasteiger partial charge is 0.497 e. The van der Waals surface area contributed by atoms with Crippen molar-refractivity contribution in [3.05, 3.63) is 130 Å². The van der Waals surface area contributed by atoms with E-state index in [2.05, 4.69) is 58.7 Å². The van der Waals surface area contributed by atoms with Gasteiger partial charge in [-0.1, -0.05) is 60.7 Å². The summed E-state index contributed by atoms with van der Waals surface area (Å²) in [6.07, 6.45) is 2.61. The molecule has 1 saturated heterocycles. The maximum absolute atomic E-state index is 13.4. The molecule has 4 aromatic rings. The number of nitrogens with one attached hydrogen (secondary N) is 1. The number of rotatable bonds is 11. The van der Waals surface area contributed by atoms with Gasteiger partial charge in [0.25, 0.3) is 11.6 Å². The Hall–Kier alpha value is -4.69. The van der Waals surface area contributed by atoms with Crippen LogP contribution in [0.25, 0.3) is 0 Å². The number of methoxy groups -OCH3 is 1. The number of hydrogen-bond donors (Lipinski definition) is 1. The summed E-state index contributed by atoms with van der Waals surface area (Å²) in [5.41, 5.74) is 2.60. The van der Waals surface area contributed by atoms with Crippen LogP contribution in [0.2, 0.25) is 0 Å². The molecule has 0 spiro atoms. The second-order valence-electron chi connectivity index (χ2n) is 10.5. The number of benzene rings is 4. The van der Waals surface area contributed by atoms with Gasteiger partial charge in [-0.2, -0.15) is 0 Å². The summed E-state index contributed by atoms with van der Waals surface area (Å²) >= 11 is 0. The van der Waals surface area contributed by atoms with Crippen LogP contribution in [0, 0.1) is 10.1 Å². The quantitative estimate of drug-likeness (QED) is 0.159. The Kier molecular flexibility index (Phi) is 9.46. The minimum Gasteiger partial charge on any atom is -0.497 e. The lowest BCUT2D eigenvalue weighted by Crippen LogP contribution is -2.45. The van der Waals surface area contributed by atoms with E-state index >= 15 is 0 Å². The topological polar surface area (TPSA) is 93.9 Å². The molecule has 1 aliphatic heterocycles. The summed E-state index contributed by atoms with van der Waals surface area (Å²) in [4.78, 5) is 26.8. The van der Waals surface area contributed by atoms with Gasteiger partial charge in [0.05, 0.1) is 17.6 Å². The number of carbonyl (C=O) groups excluding carboxylic acids is 1. The zero-order valence-corrected chi connectivity index (χ0v) is 23.6. The highest BCUT2D eigenvalue weighted by atomic mass is 16.6. The molecule has 1 heterocycles. The second kappa shape index (κ2) is 13.8. The summed E-state index contributed by atoms with van der Waals surface area (Å²) in [7, 11) is 1.57. The summed E-state index contributed by atoms with van der Waals surface area (Å²) in [6.45, 7) is 2.69. The van der Waals surface area contributed by atoms with Crippen LogP contribution in [0.4, 0.5) is 5.69 Å². The number of nitro benzene ring substituents is 1. The van der Waals surface area contributed by atoms with Crippen molar-refractivity contribution in [3.8, 4) is 17.2 Å². The molecule has 1 aliphatic rings. The van der Waals surface area contributed by atoms with Gasteiger partial charge >= 0.3 is 0 Å². The molecular weight excluding hydrogens is 530 g/mol. The first-order valence-electron chi connectivity index (χ1n) is 14.2. The molecule has 1 fully saturated rings. The number of non-ortho nitro benzene ring substituents is 1. The van der Waals surface area contributed by atoms with Gasteiger partial charge in [0.1, 0.15) is 17.2 Å². The van der Waals surface area contributed by atoms with Crippen molar-refractivity contribution in [2.24, 2.45) is 0 Å². The van der Waals surface area contributed by atoms with E-state index in [9.17, 15) is 14.9 Å². The Morgan fingerprint density at radius 3 is 2.07 bits per heavy atom. The summed E-state index contributed by atoms with van der Waals surface area (Å²) in [5, 5.41) is 14.5. The normalized spacial score (nSPS) is 14.0. The fraction of sp³-hybridized carbons (Fsp3) is 0.265. The van der Waals surface area contributed by atoms with Gasteiger partial charge in [-0.25, -0.2) is 0 Å². The van der Waals surface area contributed by atoms with Gasteiger partial charge in [-0.15, -0.1) is 0 Å². The molecule has 42 heavy (non-hydrogen) atoms. The van der Waals surface area contributed by atoms with Crippen LogP contribution in [-0.2, 0) is 0 Å². The fourth-order valence-electron chi connectivity index (χ4n) is 5.44. The first kappa shape index (κ1) is 28.8. The molecule has 0 aromatic heterocycles. The van der Waals surface area contributed by atoms with E-state index in [1.165, 1.54) is 29.3 Å². The molecule has 0 saturated carbocycles. The minimum absolute atomic E-state index is 0.0270. The van der Waals surface area contributed by atoms with Gasteiger partial charge in [0.2, 0.25) is 0 Å². The zero-order valence-electron chi connectivity index (χ0n) is 23.6. The number of nitro groups is 1. The Balaban J connectivity index is 1.20. The maximum Gasteiger partial charge on any atom is 0.270 e. The highest BCUT2D eigenvalue weighted by Crippen LogP contribution is 2.31. The van der Waals surface area contributed by atoms with Crippen molar-refractivity contribution >= 4 is 11.6 Å². The van der Waals surface area contributed by atoms with E-state index in [0.29, 0.717) is 17.4 Å². The van der Waals surface area contributed by atoms with Crippen molar-refractivity contribution in [2.45, 2.75) is 31.2 Å². The predicted molar refractivity (Wildman–Crippen MR) is 162 cm³/mol. The standard InChI is InChI=1S/C34H35N3O5/c1-41-29-13-15-30(16-14-29)42-33-17-12-28(37(39)40)24-32(33)34(38)35-27-18-21-36(22-19-27)23-20-31(25-8-4-2-5-9-25)26-10-6-3-7-11-26/h2-17,24,27,31H,18-23H2,1H3,(H,35,38). The molecule has 8 heteroatoms. The third-order valence-corrected chi connectivity index (χ3v) is 7.77. The zero-order chi connectivity index (χ0) is 29.3. The van der Waals surface area contributed by atoms with E-state index in [-0.39, 0.29) is 28.9 Å². The molecule has 5 rings (SSSR count). The first-order chi connectivity index (χ1) is 20.5. The highest BCUT2D eigenvalue weighted by Gasteiger charge is 2.25. The smallest absolute Gasteiger partial charge is 0.270 e. The van der Waals surface area contributed by atoms with Gasteiger partial charge in [-0.3, -0.25) is 14.9 Å². The average molecular weight is 566 g/mol. The van der Waals surface area contributed by atoms with Crippen molar-refractivity contribution in [2.75, 3.05) is 26.7 Å². The van der Waals surface area contributed by atoms with Crippen molar-refractivity contribution in [3.63, 3.8) is 0 Å². The fourth-order valence-corrected chi connectivity index (χ4v) is 5.44. The lowest BCUT2D eigenvalue weighted by atomic mass is 9.88. The van der Waals surface area contributed by atoms with Crippen LogP contribution in [0.3, 0.4) is 0 Å². The van der Waals surface area contributed by atoms with Crippen LogP contribution in [0.5, 0.6) is 17.2 Å². The number of amides is 1. The number of nitrogens with zero attached hydrogens (tertiary/aromatic N) is 2. The lowest BCUT2D eigenvalue weighted by molar-refractivity contribution is -0.384. The van der Waals surface area contributed by atoms with E-state index in [1.807, 2.05) is 12.1 Å². The summed E-state index contributed by atoms with van der Waals surface area (Å²) in [6, 6.07) is 32.2. The monoisotopic (exact) mass is 565 g/mol. The van der Waals surface area contributed by atoms with Gasteiger partial charge in [0, 0.05) is 37.2 Å². The Morgan fingerprint density at radius 2 is 1.50 bits per heavy atom. The lowest BCUT2D eigenvalue weighted by Gasteiger charge is -2.33. The molecule has 0 aliphatic carbocycles. The summed E-state index contributed by atoms with van der Waals surface area (Å²) < 4.78 is 11.1. The van der Waals surface area contributed by atoms with Gasteiger partial charge in [-0.05, 0) is 67.3 Å². The summed E-state index contributed by atoms with van der Waals surface area (Å²) in [5.74, 6) is 1.37. The van der Waals surface area contributed by atoms with E-state index in [0.717, 1.165) is 38.9 Å². The minimum atomic E-state index is -0.509. The molecule has 0 unspecified atom stereocenters. The van der Waals surface area contributed by atoms with Crippen LogP contribution in [0.1, 0.15) is 46.7 Å². The second-order valence-corrected chi connectivity index (χ2v) is 10.5. The number of ether oxygens (including phenoxy) is 2. The molecule has 8 nitrogen and oxygen atoms in total. The van der Waals surface area contributed by atoms with E-state index in [1.54, 1.807) is 31.4 Å². The molecule has 0 bridgehead atoms. The van der Waals surface area contributed by atoms with Crippen molar-refractivity contribution in [1.82, 2.24) is 10.2 Å². The predicted octanol–water partition coefficient (Wildman–Crippen LogP) is 6.81. The van der Waals surface area contributed by atoms with E-state index < -0.39 is 4.92 Å². The Bertz CT molecular complexity index is 1430. The molecular formula is C34H35N3O5. The van der Waals surface area contributed by atoms with Gasteiger partial charge in [0.15, 0.2) is 0 Å². The Labute approximate surface area is 246 Å².